The van der Waals surface area contributed by atoms with Gasteiger partial charge in [0.15, 0.2) is 0 Å². The number of benzene rings is 3. The van der Waals surface area contributed by atoms with Crippen LogP contribution < -0.4 is 10.6 Å². The van der Waals surface area contributed by atoms with Crippen molar-refractivity contribution >= 4 is 16.8 Å². The molecule has 0 amide bonds. The largest absolute Gasteiger partial charge is 0.369 e. The van der Waals surface area contributed by atoms with E-state index in [1.807, 2.05) is 4.68 Å². The highest BCUT2D eigenvalue weighted by Crippen LogP contribution is 2.38. The molecule has 2 N–H and O–H groups in total. The van der Waals surface area contributed by atoms with E-state index in [1.165, 1.54) is 44.6 Å². The van der Waals surface area contributed by atoms with Crippen molar-refractivity contribution < 1.29 is 0 Å². The molecule has 4 aromatic rings. The Hall–Kier alpha value is -4.00. The van der Waals surface area contributed by atoms with E-state index >= 15 is 0 Å². The first-order chi connectivity index (χ1) is 20.5. The first kappa shape index (κ1) is 28.1. The van der Waals surface area contributed by atoms with Gasteiger partial charge in [0.05, 0.1) is 12.7 Å². The van der Waals surface area contributed by atoms with Gasteiger partial charge in [-0.05, 0) is 91.7 Å². The van der Waals surface area contributed by atoms with Crippen LogP contribution in [0.15, 0.2) is 85.1 Å². The molecule has 1 aromatic heterocycles. The Kier molecular flexibility index (Phi) is 8.36. The van der Waals surface area contributed by atoms with E-state index in [2.05, 4.69) is 126 Å². The summed E-state index contributed by atoms with van der Waals surface area (Å²) in [6, 6.07) is 24.5. The molecule has 0 radical (unpaired) electrons. The summed E-state index contributed by atoms with van der Waals surface area (Å²) in [7, 11) is 2.20. The second kappa shape index (κ2) is 12.5. The van der Waals surface area contributed by atoms with Gasteiger partial charge in [-0.3, -0.25) is 0 Å². The molecule has 2 heterocycles. The van der Waals surface area contributed by atoms with Crippen LogP contribution in [0.5, 0.6) is 0 Å². The molecule has 6 nitrogen and oxygen atoms in total. The molecular weight excluding hydrogens is 516 g/mol. The van der Waals surface area contributed by atoms with E-state index in [1.54, 1.807) is 0 Å². The summed E-state index contributed by atoms with van der Waals surface area (Å²) in [5.74, 6) is 0. The number of anilines is 1. The lowest BCUT2D eigenvalue weighted by molar-refractivity contribution is 0.313. The number of rotatable bonds is 6. The van der Waals surface area contributed by atoms with Crippen LogP contribution in [0.25, 0.3) is 22.3 Å². The number of hydrogen-bond acceptors (Lipinski definition) is 5. The molecule has 3 aromatic carbocycles. The van der Waals surface area contributed by atoms with E-state index in [9.17, 15) is 0 Å². The van der Waals surface area contributed by atoms with Crippen molar-refractivity contribution in [3.8, 4) is 11.1 Å². The smallest absolute Gasteiger partial charge is 0.113 e. The maximum atomic E-state index is 6.95. The molecule has 216 valence electrons. The van der Waals surface area contributed by atoms with Crippen LogP contribution in [0.1, 0.15) is 47.7 Å². The SMILES string of the molecule is C/C=C\C(=C1\c2cc(-c3ccc(N4CCN(C)CC4)cc3)ccc2CCCC1N)c1cn(Cc2ccc(C)cc2)nn1. The minimum absolute atomic E-state index is 0.0745. The highest BCUT2D eigenvalue weighted by molar-refractivity contribution is 5.98. The zero-order valence-corrected chi connectivity index (χ0v) is 25.1. The van der Waals surface area contributed by atoms with Gasteiger partial charge in [0.2, 0.25) is 0 Å². The summed E-state index contributed by atoms with van der Waals surface area (Å²) in [6.45, 7) is 9.21. The topological polar surface area (TPSA) is 63.2 Å². The number of nitrogens with zero attached hydrogens (tertiary/aromatic N) is 5. The Bertz CT molecular complexity index is 1570. The monoisotopic (exact) mass is 558 g/mol. The van der Waals surface area contributed by atoms with E-state index < -0.39 is 0 Å². The van der Waals surface area contributed by atoms with Crippen LogP contribution in [-0.4, -0.2) is 59.2 Å². The highest BCUT2D eigenvalue weighted by Gasteiger charge is 2.24. The van der Waals surface area contributed by atoms with E-state index in [0.717, 1.165) is 56.7 Å². The normalized spacial score (nSPS) is 19.1. The molecule has 6 heteroatoms. The molecule has 2 aliphatic rings. The third-order valence-corrected chi connectivity index (χ3v) is 8.70. The van der Waals surface area contributed by atoms with Crippen molar-refractivity contribution in [3.63, 3.8) is 0 Å². The maximum Gasteiger partial charge on any atom is 0.113 e. The van der Waals surface area contributed by atoms with Gasteiger partial charge >= 0.3 is 0 Å². The lowest BCUT2D eigenvalue weighted by Crippen LogP contribution is -2.44. The van der Waals surface area contributed by atoms with Crippen LogP contribution in [0.2, 0.25) is 0 Å². The third kappa shape index (κ3) is 6.10. The summed E-state index contributed by atoms with van der Waals surface area (Å²) in [4.78, 5) is 4.87. The number of fused-ring (bicyclic) bond motifs is 1. The molecule has 0 bridgehead atoms. The Morgan fingerprint density at radius 1 is 0.952 bits per heavy atom. The van der Waals surface area contributed by atoms with Crippen LogP contribution >= 0.6 is 0 Å². The molecule has 1 unspecified atom stereocenters. The summed E-state index contributed by atoms with van der Waals surface area (Å²) in [5.41, 5.74) is 18.8. The van der Waals surface area contributed by atoms with Gasteiger partial charge in [0.25, 0.3) is 0 Å². The van der Waals surface area contributed by atoms with Crippen LogP contribution in [-0.2, 0) is 13.0 Å². The fourth-order valence-corrected chi connectivity index (χ4v) is 6.21. The average Bonchev–Trinajstić information content (AvgIpc) is 3.40. The number of hydrogen-bond donors (Lipinski definition) is 1. The number of allylic oxidation sites excluding steroid dienone is 3. The molecule has 6 rings (SSSR count). The molecule has 1 aliphatic carbocycles. The summed E-state index contributed by atoms with van der Waals surface area (Å²) in [5, 5.41) is 9.15. The van der Waals surface area contributed by atoms with Gasteiger partial charge in [-0.2, -0.15) is 0 Å². The van der Waals surface area contributed by atoms with Crippen LogP contribution in [0.3, 0.4) is 0 Å². The zero-order chi connectivity index (χ0) is 29.1. The first-order valence-electron chi connectivity index (χ1n) is 15.2. The van der Waals surface area contributed by atoms with Gasteiger partial charge in [-0.15, -0.1) is 5.10 Å². The molecule has 1 fully saturated rings. The van der Waals surface area contributed by atoms with Crippen LogP contribution in [0, 0.1) is 6.92 Å². The number of likely N-dealkylation sites (N-methyl/N-ethyl adjacent to an activating group) is 1. The van der Waals surface area contributed by atoms with Crippen molar-refractivity contribution in [3.05, 3.63) is 113 Å². The Balaban J connectivity index is 1.35. The predicted molar refractivity (Wildman–Crippen MR) is 174 cm³/mol. The number of nitrogens with two attached hydrogens (primary N) is 1. The minimum atomic E-state index is -0.0745. The molecule has 0 saturated carbocycles. The number of aryl methyl sites for hydroxylation is 2. The van der Waals surface area contributed by atoms with Crippen molar-refractivity contribution in [2.45, 2.75) is 45.7 Å². The Labute approximate surface area is 250 Å². The molecule has 1 saturated heterocycles. The Morgan fingerprint density at radius 3 is 2.43 bits per heavy atom. The molecular formula is C36H42N6. The molecule has 1 atom stereocenters. The molecule has 0 spiro atoms. The van der Waals surface area contributed by atoms with Gasteiger partial charge in [-0.1, -0.05) is 71.5 Å². The second-order valence-corrected chi connectivity index (χ2v) is 11.8. The number of piperazine rings is 1. The van der Waals surface area contributed by atoms with Crippen molar-refractivity contribution in [1.29, 1.82) is 0 Å². The predicted octanol–water partition coefficient (Wildman–Crippen LogP) is 6.20. The van der Waals surface area contributed by atoms with Crippen molar-refractivity contribution in [1.82, 2.24) is 19.9 Å². The maximum absolute atomic E-state index is 6.95. The van der Waals surface area contributed by atoms with Gasteiger partial charge < -0.3 is 15.5 Å². The molecule has 1 aliphatic heterocycles. The molecule has 42 heavy (non-hydrogen) atoms. The quantitative estimate of drug-likeness (QED) is 0.285. The zero-order valence-electron chi connectivity index (χ0n) is 25.1. The van der Waals surface area contributed by atoms with E-state index in [-0.39, 0.29) is 6.04 Å². The standard InChI is InChI=1S/C36H42N6/c1-4-6-32(35-25-42(39-38-35)24-27-11-9-26(2)10-12-27)36-33-23-30(14-13-29(33)7-5-8-34(36)37)28-15-17-31(18-16-28)41-21-19-40(3)20-22-41/h4,6,9-18,23,25,34H,5,7-8,19-22,24,37H2,1-3H3/b6-4-,36-32+. The van der Waals surface area contributed by atoms with E-state index in [4.69, 9.17) is 5.73 Å². The summed E-state index contributed by atoms with van der Waals surface area (Å²) >= 11 is 0. The lowest BCUT2D eigenvalue weighted by Gasteiger charge is -2.34. The van der Waals surface area contributed by atoms with Crippen LogP contribution in [0.4, 0.5) is 5.69 Å². The summed E-state index contributed by atoms with van der Waals surface area (Å²) in [6.07, 6.45) is 9.33. The first-order valence-corrected chi connectivity index (χ1v) is 15.2. The minimum Gasteiger partial charge on any atom is -0.369 e. The fraction of sp³-hybridized carbons (Fsp3) is 0.333. The van der Waals surface area contributed by atoms with Gasteiger partial charge in [0, 0.05) is 43.5 Å². The highest BCUT2D eigenvalue weighted by atomic mass is 15.4. The second-order valence-electron chi connectivity index (χ2n) is 11.8. The Morgan fingerprint density at radius 2 is 1.69 bits per heavy atom. The van der Waals surface area contributed by atoms with Gasteiger partial charge in [0.1, 0.15) is 5.69 Å². The van der Waals surface area contributed by atoms with Gasteiger partial charge in [-0.25, -0.2) is 4.68 Å². The third-order valence-electron chi connectivity index (χ3n) is 8.70. The van der Waals surface area contributed by atoms with Crippen molar-refractivity contribution in [2.75, 3.05) is 38.1 Å². The number of aromatic nitrogens is 3. The lowest BCUT2D eigenvalue weighted by atomic mass is 9.88. The fourth-order valence-electron chi connectivity index (χ4n) is 6.21. The average molecular weight is 559 g/mol. The van der Waals surface area contributed by atoms with E-state index in [0.29, 0.717) is 6.54 Å². The summed E-state index contributed by atoms with van der Waals surface area (Å²) < 4.78 is 1.92. The van der Waals surface area contributed by atoms with Crippen molar-refractivity contribution in [2.24, 2.45) is 5.73 Å².